The highest BCUT2D eigenvalue weighted by molar-refractivity contribution is 5.98. The monoisotopic (exact) mass is 339 g/mol. The Balaban J connectivity index is 2.87. The second kappa shape index (κ2) is 5.74. The molecule has 2 N–H and O–H groups in total. The van der Waals surface area contributed by atoms with Crippen molar-refractivity contribution >= 4 is 11.9 Å². The summed E-state index contributed by atoms with van der Waals surface area (Å²) in [5, 5.41) is 18.1. The van der Waals surface area contributed by atoms with Gasteiger partial charge in [0.15, 0.2) is 5.69 Å². The number of nitrogens with zero attached hydrogens (tertiary/aromatic N) is 1. The first-order valence-electron chi connectivity index (χ1n) is 6.42. The van der Waals surface area contributed by atoms with E-state index in [2.05, 4.69) is 4.98 Å². The van der Waals surface area contributed by atoms with Crippen LogP contribution in [0.4, 0.5) is 22.0 Å². The average Bonchev–Trinajstić information content (AvgIpc) is 3.19. The van der Waals surface area contributed by atoms with Crippen molar-refractivity contribution in [2.75, 3.05) is 0 Å². The molecule has 0 spiro atoms. The highest BCUT2D eigenvalue weighted by Crippen LogP contribution is 2.40. The Bertz CT molecular complexity index is 667. The molecule has 10 heteroatoms. The minimum Gasteiger partial charge on any atom is -0.478 e. The summed E-state index contributed by atoms with van der Waals surface area (Å²) in [5.41, 5.74) is -6.83. The largest absolute Gasteiger partial charge is 0.478 e. The summed E-state index contributed by atoms with van der Waals surface area (Å²) in [4.78, 5) is 25.1. The Hall–Kier alpha value is -2.26. The number of pyridine rings is 1. The number of aromatic nitrogens is 1. The maximum absolute atomic E-state index is 13.0. The molecular formula is C13H10F5NO4. The van der Waals surface area contributed by atoms with Gasteiger partial charge in [-0.2, -0.15) is 13.2 Å². The zero-order valence-electron chi connectivity index (χ0n) is 11.3. The predicted octanol–water partition coefficient (Wildman–Crippen LogP) is 3.39. The van der Waals surface area contributed by atoms with Crippen LogP contribution in [0.15, 0.2) is 0 Å². The number of aromatic carboxylic acids is 2. The third-order valence-corrected chi connectivity index (χ3v) is 3.42. The molecule has 1 aliphatic rings. The van der Waals surface area contributed by atoms with Crippen LogP contribution in [0.3, 0.4) is 0 Å². The van der Waals surface area contributed by atoms with Gasteiger partial charge in [-0.15, -0.1) is 0 Å². The van der Waals surface area contributed by atoms with Gasteiger partial charge in [0.25, 0.3) is 6.43 Å². The maximum Gasteiger partial charge on any atom is 0.434 e. The van der Waals surface area contributed by atoms with Gasteiger partial charge in [0.1, 0.15) is 5.69 Å². The van der Waals surface area contributed by atoms with E-state index in [1.165, 1.54) is 0 Å². The molecule has 5 nitrogen and oxygen atoms in total. The molecule has 0 bridgehead atoms. The van der Waals surface area contributed by atoms with E-state index in [1.807, 2.05) is 0 Å². The van der Waals surface area contributed by atoms with E-state index in [1.54, 1.807) is 0 Å². The lowest BCUT2D eigenvalue weighted by atomic mass is 9.93. The van der Waals surface area contributed by atoms with Crippen LogP contribution in [0, 0.1) is 5.92 Å². The topological polar surface area (TPSA) is 87.5 Å². The molecule has 1 aliphatic carbocycles. The third-order valence-electron chi connectivity index (χ3n) is 3.42. The number of halogens is 5. The Morgan fingerprint density at radius 2 is 1.65 bits per heavy atom. The van der Waals surface area contributed by atoms with Crippen LogP contribution in [0.2, 0.25) is 0 Å². The van der Waals surface area contributed by atoms with Crippen LogP contribution >= 0.6 is 0 Å². The molecule has 0 atom stereocenters. The molecule has 2 rings (SSSR count). The smallest absolute Gasteiger partial charge is 0.434 e. The summed E-state index contributed by atoms with van der Waals surface area (Å²) in [6.07, 6.45) is -8.08. The second-order valence-electron chi connectivity index (χ2n) is 5.13. The fourth-order valence-corrected chi connectivity index (χ4v) is 2.30. The first-order valence-corrected chi connectivity index (χ1v) is 6.42. The fraction of sp³-hybridized carbons (Fsp3) is 0.462. The number of rotatable bonds is 5. The van der Waals surface area contributed by atoms with Gasteiger partial charge in [-0.05, 0) is 30.7 Å². The minimum absolute atomic E-state index is 0.222. The SMILES string of the molecule is O=C(O)c1c(C(F)F)nc(C(F)(F)F)c(C(=O)O)c1CC1CC1. The summed E-state index contributed by atoms with van der Waals surface area (Å²) >= 11 is 0. The Morgan fingerprint density at radius 3 is 2.00 bits per heavy atom. The Labute approximate surface area is 125 Å². The lowest BCUT2D eigenvalue weighted by Crippen LogP contribution is -2.24. The van der Waals surface area contributed by atoms with E-state index >= 15 is 0 Å². The number of hydrogen-bond donors (Lipinski definition) is 2. The second-order valence-corrected chi connectivity index (χ2v) is 5.13. The van der Waals surface area contributed by atoms with Crippen molar-refractivity contribution in [1.29, 1.82) is 0 Å². The van der Waals surface area contributed by atoms with E-state index in [0.717, 1.165) is 0 Å². The van der Waals surface area contributed by atoms with Crippen molar-refractivity contribution in [2.24, 2.45) is 5.92 Å². The minimum atomic E-state index is -5.30. The van der Waals surface area contributed by atoms with Gasteiger partial charge in [0.05, 0.1) is 11.1 Å². The molecule has 0 saturated heterocycles. The predicted molar refractivity (Wildman–Crippen MR) is 64.5 cm³/mol. The normalized spacial score (nSPS) is 15.0. The van der Waals surface area contributed by atoms with Crippen LogP contribution in [-0.2, 0) is 12.6 Å². The first-order chi connectivity index (χ1) is 10.5. The van der Waals surface area contributed by atoms with E-state index in [0.29, 0.717) is 12.8 Å². The average molecular weight is 339 g/mol. The van der Waals surface area contributed by atoms with Crippen LogP contribution in [0.1, 0.15) is 56.9 Å². The van der Waals surface area contributed by atoms with Gasteiger partial charge < -0.3 is 10.2 Å². The zero-order chi connectivity index (χ0) is 17.5. The summed E-state index contributed by atoms with van der Waals surface area (Å²) in [6.45, 7) is 0. The van der Waals surface area contributed by atoms with Gasteiger partial charge in [0.2, 0.25) is 0 Å². The van der Waals surface area contributed by atoms with Crippen molar-refractivity contribution in [2.45, 2.75) is 31.9 Å². The number of hydrogen-bond acceptors (Lipinski definition) is 3. The molecule has 126 valence electrons. The van der Waals surface area contributed by atoms with Crippen molar-refractivity contribution < 1.29 is 41.8 Å². The molecule has 1 saturated carbocycles. The lowest BCUT2D eigenvalue weighted by molar-refractivity contribution is -0.142. The molecule has 1 aromatic heterocycles. The molecule has 0 amide bonds. The molecule has 0 aromatic carbocycles. The number of carbonyl (C=O) groups is 2. The van der Waals surface area contributed by atoms with Crippen LogP contribution in [0.25, 0.3) is 0 Å². The fourth-order valence-electron chi connectivity index (χ4n) is 2.30. The van der Waals surface area contributed by atoms with Crippen LogP contribution < -0.4 is 0 Å². The molecule has 1 aromatic rings. The van der Waals surface area contributed by atoms with E-state index in [9.17, 15) is 31.5 Å². The van der Waals surface area contributed by atoms with Gasteiger partial charge in [-0.1, -0.05) is 0 Å². The molecule has 23 heavy (non-hydrogen) atoms. The highest BCUT2D eigenvalue weighted by Gasteiger charge is 2.43. The van der Waals surface area contributed by atoms with Crippen molar-refractivity contribution in [3.05, 3.63) is 28.1 Å². The third kappa shape index (κ3) is 3.40. The summed E-state index contributed by atoms with van der Waals surface area (Å²) < 4.78 is 65.0. The highest BCUT2D eigenvalue weighted by atomic mass is 19.4. The Kier molecular flexibility index (Phi) is 4.27. The summed E-state index contributed by atoms with van der Waals surface area (Å²) in [6, 6.07) is 0. The quantitative estimate of drug-likeness (QED) is 0.803. The van der Waals surface area contributed by atoms with Gasteiger partial charge >= 0.3 is 18.1 Å². The lowest BCUT2D eigenvalue weighted by Gasteiger charge is -2.18. The molecule has 0 aliphatic heterocycles. The van der Waals surface area contributed by atoms with Gasteiger partial charge in [-0.3, -0.25) is 0 Å². The standard InChI is InChI=1S/C13H10F5NO4/c14-10(15)8-6(11(20)21)5(3-4-1-2-4)7(12(22)23)9(19-8)13(16,17)18/h4,10H,1-3H2,(H,20,21)(H,22,23). The Morgan fingerprint density at radius 1 is 1.13 bits per heavy atom. The number of carboxylic acids is 2. The number of alkyl halides is 5. The van der Waals surface area contributed by atoms with E-state index in [-0.39, 0.29) is 12.3 Å². The van der Waals surface area contributed by atoms with Crippen molar-refractivity contribution in [3.8, 4) is 0 Å². The van der Waals surface area contributed by atoms with E-state index < -0.39 is 52.6 Å². The van der Waals surface area contributed by atoms with Crippen LogP contribution in [-0.4, -0.2) is 27.1 Å². The molecule has 0 unspecified atom stereocenters. The maximum atomic E-state index is 13.0. The first kappa shape index (κ1) is 17.1. The molecule has 1 heterocycles. The number of carboxylic acid groups (broad SMARTS) is 2. The molecule has 0 radical (unpaired) electrons. The van der Waals surface area contributed by atoms with E-state index in [4.69, 9.17) is 10.2 Å². The zero-order valence-corrected chi connectivity index (χ0v) is 11.3. The molecule has 1 fully saturated rings. The summed E-state index contributed by atoms with van der Waals surface area (Å²) in [5.74, 6) is -4.20. The van der Waals surface area contributed by atoms with Crippen molar-refractivity contribution in [3.63, 3.8) is 0 Å². The van der Waals surface area contributed by atoms with Gasteiger partial charge in [0, 0.05) is 0 Å². The van der Waals surface area contributed by atoms with Crippen molar-refractivity contribution in [1.82, 2.24) is 4.98 Å². The van der Waals surface area contributed by atoms with Crippen LogP contribution in [0.5, 0.6) is 0 Å². The van der Waals surface area contributed by atoms with Gasteiger partial charge in [-0.25, -0.2) is 23.4 Å². The summed E-state index contributed by atoms with van der Waals surface area (Å²) in [7, 11) is 0. The molecular weight excluding hydrogens is 329 g/mol.